The highest BCUT2D eigenvalue weighted by Gasteiger charge is 2.17. The molecule has 0 saturated heterocycles. The molecule has 0 aliphatic carbocycles. The summed E-state index contributed by atoms with van der Waals surface area (Å²) in [7, 11) is 0. The van der Waals surface area contributed by atoms with Gasteiger partial charge in [-0.3, -0.25) is 14.9 Å². The summed E-state index contributed by atoms with van der Waals surface area (Å²) in [6.07, 6.45) is 1.54. The first-order valence-electron chi connectivity index (χ1n) is 8.43. The standard InChI is InChI=1S/C20H17ClN2O5/c21-16-5-9-18(10-6-16)28-14-20(24)22(13-19-2-1-11-27-19)12-15-3-7-17(8-4-15)23(25)26/h1-11H,12-14H2. The van der Waals surface area contributed by atoms with E-state index >= 15 is 0 Å². The zero-order valence-corrected chi connectivity index (χ0v) is 15.5. The van der Waals surface area contributed by atoms with Gasteiger partial charge in [0.15, 0.2) is 6.61 Å². The van der Waals surface area contributed by atoms with Crippen LogP contribution in [0.15, 0.2) is 71.3 Å². The number of hydrogen-bond acceptors (Lipinski definition) is 5. The van der Waals surface area contributed by atoms with Crippen LogP contribution < -0.4 is 4.74 Å². The van der Waals surface area contributed by atoms with Gasteiger partial charge in [0, 0.05) is 23.7 Å². The number of nitro benzene ring substituents is 1. The average molecular weight is 401 g/mol. The molecule has 1 aromatic heterocycles. The maximum Gasteiger partial charge on any atom is 0.269 e. The number of halogens is 1. The molecule has 3 aromatic rings. The van der Waals surface area contributed by atoms with Gasteiger partial charge in [0.1, 0.15) is 11.5 Å². The Morgan fingerprint density at radius 3 is 2.39 bits per heavy atom. The lowest BCUT2D eigenvalue weighted by molar-refractivity contribution is -0.384. The van der Waals surface area contributed by atoms with Crippen LogP contribution in [0.5, 0.6) is 5.75 Å². The fraction of sp³-hybridized carbons (Fsp3) is 0.150. The summed E-state index contributed by atoms with van der Waals surface area (Å²) in [6.45, 7) is 0.365. The van der Waals surface area contributed by atoms with Crippen LogP contribution in [0.1, 0.15) is 11.3 Å². The molecular formula is C20H17ClN2O5. The van der Waals surface area contributed by atoms with Gasteiger partial charge in [0.05, 0.1) is 17.7 Å². The van der Waals surface area contributed by atoms with Gasteiger partial charge in [-0.1, -0.05) is 23.7 Å². The molecule has 0 radical (unpaired) electrons. The fourth-order valence-electron chi connectivity index (χ4n) is 2.53. The molecule has 0 aliphatic heterocycles. The minimum Gasteiger partial charge on any atom is -0.484 e. The predicted octanol–water partition coefficient (Wildman–Crippen LogP) is 4.45. The smallest absolute Gasteiger partial charge is 0.269 e. The van der Waals surface area contributed by atoms with E-state index in [1.807, 2.05) is 0 Å². The summed E-state index contributed by atoms with van der Waals surface area (Å²) in [5.74, 6) is 0.914. The Hall–Kier alpha value is -3.32. The number of carbonyl (C=O) groups is 1. The van der Waals surface area contributed by atoms with Crippen molar-refractivity contribution in [3.05, 3.63) is 93.4 Å². The Morgan fingerprint density at radius 1 is 1.07 bits per heavy atom. The molecule has 2 aromatic carbocycles. The molecule has 1 heterocycles. The molecule has 0 fully saturated rings. The first kappa shape index (κ1) is 19.4. The summed E-state index contributed by atoms with van der Waals surface area (Å²) < 4.78 is 10.9. The maximum absolute atomic E-state index is 12.7. The average Bonchev–Trinajstić information content (AvgIpc) is 3.20. The van der Waals surface area contributed by atoms with Crippen molar-refractivity contribution in [2.24, 2.45) is 0 Å². The first-order valence-corrected chi connectivity index (χ1v) is 8.81. The van der Waals surface area contributed by atoms with Crippen molar-refractivity contribution < 1.29 is 18.9 Å². The quantitative estimate of drug-likeness (QED) is 0.412. The zero-order chi connectivity index (χ0) is 19.9. The Balaban J connectivity index is 1.69. The molecule has 3 rings (SSSR count). The normalized spacial score (nSPS) is 10.5. The summed E-state index contributed by atoms with van der Waals surface area (Å²) >= 11 is 5.84. The Bertz CT molecular complexity index is 924. The third kappa shape index (κ3) is 5.34. The lowest BCUT2D eigenvalue weighted by Crippen LogP contribution is -2.34. The molecule has 0 bridgehead atoms. The summed E-state index contributed by atoms with van der Waals surface area (Å²) in [5, 5.41) is 11.4. The number of non-ortho nitro benzene ring substituents is 1. The minimum absolute atomic E-state index is 0.00117. The van der Waals surface area contributed by atoms with Crippen molar-refractivity contribution in [1.82, 2.24) is 4.90 Å². The number of benzene rings is 2. The molecule has 8 heteroatoms. The molecule has 0 spiro atoms. The third-order valence-electron chi connectivity index (χ3n) is 3.98. The topological polar surface area (TPSA) is 85.8 Å². The molecule has 1 amide bonds. The lowest BCUT2D eigenvalue weighted by Gasteiger charge is -2.22. The van der Waals surface area contributed by atoms with Crippen LogP contribution >= 0.6 is 11.6 Å². The van der Waals surface area contributed by atoms with Crippen molar-refractivity contribution >= 4 is 23.2 Å². The maximum atomic E-state index is 12.7. The second-order valence-electron chi connectivity index (χ2n) is 6.00. The van der Waals surface area contributed by atoms with E-state index in [0.29, 0.717) is 16.5 Å². The number of carbonyl (C=O) groups excluding carboxylic acids is 1. The van der Waals surface area contributed by atoms with Crippen LogP contribution in [0.2, 0.25) is 5.02 Å². The largest absolute Gasteiger partial charge is 0.484 e. The molecular weight excluding hydrogens is 384 g/mol. The number of nitrogens with zero attached hydrogens (tertiary/aromatic N) is 2. The van der Waals surface area contributed by atoms with E-state index in [4.69, 9.17) is 20.8 Å². The molecule has 144 valence electrons. The summed E-state index contributed by atoms with van der Waals surface area (Å²) in [4.78, 5) is 24.6. The van der Waals surface area contributed by atoms with Crippen molar-refractivity contribution in [3.8, 4) is 5.75 Å². The van der Waals surface area contributed by atoms with Crippen molar-refractivity contribution in [2.45, 2.75) is 13.1 Å². The van der Waals surface area contributed by atoms with Crippen LogP contribution in [-0.2, 0) is 17.9 Å². The highest BCUT2D eigenvalue weighted by Crippen LogP contribution is 2.18. The van der Waals surface area contributed by atoms with Gasteiger partial charge in [-0.2, -0.15) is 0 Å². The van der Waals surface area contributed by atoms with E-state index in [9.17, 15) is 14.9 Å². The van der Waals surface area contributed by atoms with Gasteiger partial charge in [-0.15, -0.1) is 0 Å². The first-order chi connectivity index (χ1) is 13.5. The lowest BCUT2D eigenvalue weighted by atomic mass is 10.2. The van der Waals surface area contributed by atoms with E-state index < -0.39 is 4.92 Å². The number of amides is 1. The van der Waals surface area contributed by atoms with Crippen LogP contribution in [0.25, 0.3) is 0 Å². The fourth-order valence-corrected chi connectivity index (χ4v) is 2.66. The number of hydrogen-bond donors (Lipinski definition) is 0. The van der Waals surface area contributed by atoms with E-state index in [0.717, 1.165) is 5.56 Å². The van der Waals surface area contributed by atoms with Gasteiger partial charge in [-0.25, -0.2) is 0 Å². The van der Waals surface area contributed by atoms with Crippen LogP contribution in [-0.4, -0.2) is 22.3 Å². The van der Waals surface area contributed by atoms with Gasteiger partial charge in [0.2, 0.25) is 0 Å². The zero-order valence-electron chi connectivity index (χ0n) is 14.8. The van der Waals surface area contributed by atoms with E-state index in [1.54, 1.807) is 53.4 Å². The molecule has 28 heavy (non-hydrogen) atoms. The SMILES string of the molecule is O=C(COc1ccc(Cl)cc1)N(Cc1ccc([N+](=O)[O-])cc1)Cc1ccco1. The predicted molar refractivity (Wildman–Crippen MR) is 103 cm³/mol. The Labute approximate surface area is 166 Å². The number of rotatable bonds is 8. The van der Waals surface area contributed by atoms with Crippen molar-refractivity contribution in [3.63, 3.8) is 0 Å². The van der Waals surface area contributed by atoms with E-state index in [1.165, 1.54) is 18.4 Å². The van der Waals surface area contributed by atoms with Gasteiger partial charge < -0.3 is 14.1 Å². The molecule has 0 unspecified atom stereocenters. The molecule has 0 N–H and O–H groups in total. The van der Waals surface area contributed by atoms with Crippen LogP contribution in [0.4, 0.5) is 5.69 Å². The van der Waals surface area contributed by atoms with E-state index in [2.05, 4.69) is 0 Å². The summed E-state index contributed by atoms with van der Waals surface area (Å²) in [5.41, 5.74) is 0.760. The van der Waals surface area contributed by atoms with E-state index in [-0.39, 0.29) is 31.3 Å². The highest BCUT2D eigenvalue weighted by molar-refractivity contribution is 6.30. The Kier molecular flexibility index (Phi) is 6.29. The minimum atomic E-state index is -0.463. The summed E-state index contributed by atoms with van der Waals surface area (Å²) in [6, 6.07) is 16.3. The third-order valence-corrected chi connectivity index (χ3v) is 4.23. The van der Waals surface area contributed by atoms with Gasteiger partial charge >= 0.3 is 0 Å². The second kappa shape index (κ2) is 9.05. The number of nitro groups is 1. The molecule has 7 nitrogen and oxygen atoms in total. The van der Waals surface area contributed by atoms with Crippen molar-refractivity contribution in [2.75, 3.05) is 6.61 Å². The number of furan rings is 1. The van der Waals surface area contributed by atoms with Crippen LogP contribution in [0.3, 0.4) is 0 Å². The monoisotopic (exact) mass is 400 g/mol. The second-order valence-corrected chi connectivity index (χ2v) is 6.43. The molecule has 0 atom stereocenters. The Morgan fingerprint density at radius 2 is 1.79 bits per heavy atom. The molecule has 0 saturated carbocycles. The van der Waals surface area contributed by atoms with Gasteiger partial charge in [-0.05, 0) is 42.0 Å². The number of ether oxygens (including phenoxy) is 1. The van der Waals surface area contributed by atoms with Gasteiger partial charge in [0.25, 0.3) is 11.6 Å². The highest BCUT2D eigenvalue weighted by atomic mass is 35.5. The van der Waals surface area contributed by atoms with Crippen molar-refractivity contribution in [1.29, 1.82) is 0 Å². The molecule has 0 aliphatic rings. The van der Waals surface area contributed by atoms with Crippen LogP contribution in [0, 0.1) is 10.1 Å².